The number of hydrogen-bond donors (Lipinski definition) is 0. The van der Waals surface area contributed by atoms with Gasteiger partial charge in [0.2, 0.25) is 5.78 Å². The highest BCUT2D eigenvalue weighted by Crippen LogP contribution is 2.22. The summed E-state index contributed by atoms with van der Waals surface area (Å²) in [5, 5.41) is 2.94. The topological polar surface area (TPSA) is 70.6 Å². The van der Waals surface area contributed by atoms with E-state index in [4.69, 9.17) is 0 Å². The molecule has 1 aliphatic heterocycles. The number of thiazole rings is 1. The lowest BCUT2D eigenvalue weighted by molar-refractivity contribution is -0.130. The molecule has 1 aliphatic rings. The van der Waals surface area contributed by atoms with Crippen LogP contribution in [-0.2, 0) is 4.79 Å². The van der Waals surface area contributed by atoms with Crippen LogP contribution in [-0.4, -0.2) is 58.1 Å². The maximum Gasteiger partial charge on any atom is 0.295 e. The third-order valence-electron chi connectivity index (χ3n) is 5.45. The molecule has 0 N–H and O–H groups in total. The zero-order chi connectivity index (χ0) is 22.0. The molecule has 31 heavy (non-hydrogen) atoms. The first-order valence-electron chi connectivity index (χ1n) is 10.2. The van der Waals surface area contributed by atoms with Crippen LogP contribution in [0.25, 0.3) is 11.3 Å². The molecule has 3 aromatic rings. The Kier molecular flexibility index (Phi) is 5.95. The number of hydrogen-bond acceptors (Lipinski definition) is 5. The molecule has 6 nitrogen and oxygen atoms in total. The zero-order valence-corrected chi connectivity index (χ0v) is 18.3. The van der Waals surface area contributed by atoms with E-state index < -0.39 is 11.7 Å². The predicted octanol–water partition coefficient (Wildman–Crippen LogP) is 3.67. The van der Waals surface area contributed by atoms with Gasteiger partial charge in [-0.15, -0.1) is 11.3 Å². The number of carbonyl (C=O) groups excluding carboxylic acids is 3. The molecule has 1 fully saturated rings. The van der Waals surface area contributed by atoms with E-state index in [0.717, 1.165) is 16.3 Å². The highest BCUT2D eigenvalue weighted by Gasteiger charge is 2.33. The molecule has 0 spiro atoms. The van der Waals surface area contributed by atoms with Crippen LogP contribution >= 0.6 is 11.3 Å². The summed E-state index contributed by atoms with van der Waals surface area (Å²) in [6.07, 6.45) is 0. The third-order valence-corrected chi connectivity index (χ3v) is 6.23. The van der Waals surface area contributed by atoms with Gasteiger partial charge in [-0.05, 0) is 26.0 Å². The van der Waals surface area contributed by atoms with Crippen molar-refractivity contribution < 1.29 is 14.4 Å². The minimum absolute atomic E-state index is 0.0567. The highest BCUT2D eigenvalue weighted by molar-refractivity contribution is 7.09. The number of Topliss-reactive ketones (excluding diaryl/α,β-unsaturated/α-hetero) is 1. The van der Waals surface area contributed by atoms with Gasteiger partial charge in [0.1, 0.15) is 0 Å². The van der Waals surface area contributed by atoms with Crippen molar-refractivity contribution >= 4 is 28.9 Å². The van der Waals surface area contributed by atoms with Crippen LogP contribution in [0.2, 0.25) is 0 Å². The molecular formula is C24H23N3O3S. The maximum atomic E-state index is 12.9. The summed E-state index contributed by atoms with van der Waals surface area (Å²) < 4.78 is 0. The third kappa shape index (κ3) is 4.41. The van der Waals surface area contributed by atoms with E-state index in [2.05, 4.69) is 4.98 Å². The van der Waals surface area contributed by atoms with Gasteiger partial charge in [0.05, 0.1) is 10.7 Å². The van der Waals surface area contributed by atoms with E-state index in [-0.39, 0.29) is 11.9 Å². The zero-order valence-electron chi connectivity index (χ0n) is 17.4. The van der Waals surface area contributed by atoms with Crippen molar-refractivity contribution in [2.24, 2.45) is 0 Å². The van der Waals surface area contributed by atoms with Crippen LogP contribution in [0, 0.1) is 6.92 Å². The smallest absolute Gasteiger partial charge is 0.295 e. The van der Waals surface area contributed by atoms with Crippen molar-refractivity contribution in [3.8, 4) is 11.3 Å². The van der Waals surface area contributed by atoms with Crippen LogP contribution in [0.5, 0.6) is 0 Å². The van der Waals surface area contributed by atoms with Crippen molar-refractivity contribution in [2.75, 3.05) is 19.6 Å². The Bertz CT molecular complexity index is 1110. The van der Waals surface area contributed by atoms with Gasteiger partial charge in [0.15, 0.2) is 0 Å². The lowest BCUT2D eigenvalue weighted by Gasteiger charge is -2.39. The Morgan fingerprint density at radius 3 is 2.29 bits per heavy atom. The van der Waals surface area contributed by atoms with Gasteiger partial charge in [-0.2, -0.15) is 0 Å². The largest absolute Gasteiger partial charge is 0.335 e. The number of carbonyl (C=O) groups is 3. The number of benzene rings is 2. The summed E-state index contributed by atoms with van der Waals surface area (Å²) in [6, 6.07) is 15.8. The second-order valence-electron chi connectivity index (χ2n) is 7.62. The molecular weight excluding hydrogens is 410 g/mol. The Balaban J connectivity index is 1.41. The van der Waals surface area contributed by atoms with Gasteiger partial charge in [0.25, 0.3) is 11.8 Å². The fraction of sp³-hybridized carbons (Fsp3) is 0.250. The molecule has 2 amide bonds. The average molecular weight is 434 g/mol. The van der Waals surface area contributed by atoms with Gasteiger partial charge < -0.3 is 9.80 Å². The van der Waals surface area contributed by atoms with Crippen molar-refractivity contribution in [3.63, 3.8) is 0 Å². The van der Waals surface area contributed by atoms with E-state index in [1.165, 1.54) is 0 Å². The molecule has 1 atom stereocenters. The normalized spacial score (nSPS) is 16.3. The molecule has 1 unspecified atom stereocenters. The van der Waals surface area contributed by atoms with E-state index in [9.17, 15) is 14.4 Å². The van der Waals surface area contributed by atoms with Crippen LogP contribution in [0.4, 0.5) is 0 Å². The summed E-state index contributed by atoms with van der Waals surface area (Å²) in [5.41, 5.74) is 2.76. The predicted molar refractivity (Wildman–Crippen MR) is 120 cm³/mol. The fourth-order valence-corrected chi connectivity index (χ4v) is 4.37. The van der Waals surface area contributed by atoms with Gasteiger partial charge >= 0.3 is 0 Å². The molecule has 0 saturated carbocycles. The number of aromatic nitrogens is 1. The Hall–Kier alpha value is -3.32. The van der Waals surface area contributed by atoms with E-state index in [0.29, 0.717) is 30.8 Å². The number of piperazine rings is 1. The quantitative estimate of drug-likeness (QED) is 0.465. The van der Waals surface area contributed by atoms with Crippen molar-refractivity contribution in [3.05, 3.63) is 76.1 Å². The summed E-state index contributed by atoms with van der Waals surface area (Å²) >= 11 is 1.57. The number of amides is 2. The van der Waals surface area contributed by atoms with E-state index >= 15 is 0 Å². The molecule has 158 valence electrons. The number of nitrogens with zero attached hydrogens (tertiary/aromatic N) is 3. The van der Waals surface area contributed by atoms with Crippen LogP contribution in [0.15, 0.2) is 60.0 Å². The van der Waals surface area contributed by atoms with Crippen molar-refractivity contribution in [1.29, 1.82) is 0 Å². The first-order valence-corrected chi connectivity index (χ1v) is 11.0. The van der Waals surface area contributed by atoms with Crippen LogP contribution < -0.4 is 0 Å². The second kappa shape index (κ2) is 8.81. The minimum atomic E-state index is -0.532. The second-order valence-corrected chi connectivity index (χ2v) is 8.69. The van der Waals surface area contributed by atoms with Gasteiger partial charge in [0, 0.05) is 47.7 Å². The first-order chi connectivity index (χ1) is 14.9. The molecule has 0 bridgehead atoms. The molecule has 1 saturated heterocycles. The lowest BCUT2D eigenvalue weighted by Crippen LogP contribution is -2.56. The molecule has 7 heteroatoms. The molecule has 0 aliphatic carbocycles. The SMILES string of the molecule is Cc1nc(-c2ccc(C(=O)C(=O)N3CCN(C(=O)c4ccccc4)CC3C)cc2)cs1. The highest BCUT2D eigenvalue weighted by atomic mass is 32.1. The summed E-state index contributed by atoms with van der Waals surface area (Å²) in [6.45, 7) is 4.94. The molecule has 4 rings (SSSR count). The van der Waals surface area contributed by atoms with Gasteiger partial charge in [-0.3, -0.25) is 14.4 Å². The van der Waals surface area contributed by atoms with Gasteiger partial charge in [-0.1, -0.05) is 42.5 Å². The standard InChI is InChI=1S/C24H23N3O3S/c1-16-14-26(23(29)20-6-4-3-5-7-20)12-13-27(16)24(30)22(28)19-10-8-18(9-11-19)21-15-31-17(2)25-21/h3-11,15-16H,12-14H2,1-2H3. The maximum absolute atomic E-state index is 12.9. The molecule has 2 heterocycles. The molecule has 1 aromatic heterocycles. The first kappa shape index (κ1) is 20.9. The number of rotatable bonds is 4. The fourth-order valence-electron chi connectivity index (χ4n) is 3.75. The Morgan fingerprint density at radius 1 is 0.968 bits per heavy atom. The summed E-state index contributed by atoms with van der Waals surface area (Å²) in [5.74, 6) is -1.12. The Labute approximate surface area is 185 Å². The Morgan fingerprint density at radius 2 is 1.68 bits per heavy atom. The minimum Gasteiger partial charge on any atom is -0.335 e. The van der Waals surface area contributed by atoms with Crippen molar-refractivity contribution in [2.45, 2.75) is 19.9 Å². The molecule has 2 aromatic carbocycles. The van der Waals surface area contributed by atoms with Gasteiger partial charge in [-0.25, -0.2) is 4.98 Å². The number of ketones is 1. The average Bonchev–Trinajstić information content (AvgIpc) is 3.24. The number of aryl methyl sites for hydroxylation is 1. The molecule has 0 radical (unpaired) electrons. The summed E-state index contributed by atoms with van der Waals surface area (Å²) in [7, 11) is 0. The lowest BCUT2D eigenvalue weighted by atomic mass is 10.0. The summed E-state index contributed by atoms with van der Waals surface area (Å²) in [4.78, 5) is 46.1. The van der Waals surface area contributed by atoms with Crippen LogP contribution in [0.3, 0.4) is 0 Å². The van der Waals surface area contributed by atoms with Crippen molar-refractivity contribution in [1.82, 2.24) is 14.8 Å². The van der Waals surface area contributed by atoms with Crippen LogP contribution in [0.1, 0.15) is 32.6 Å². The van der Waals surface area contributed by atoms with E-state index in [1.807, 2.05) is 49.6 Å². The van der Waals surface area contributed by atoms with E-state index in [1.54, 1.807) is 45.4 Å². The monoisotopic (exact) mass is 433 g/mol.